The number of hydrogen-bond acceptors (Lipinski definition) is 2. The number of benzene rings is 1. The first kappa shape index (κ1) is 13.1. The Morgan fingerprint density at radius 2 is 1.84 bits per heavy atom. The van der Waals surface area contributed by atoms with Crippen LogP contribution in [-0.2, 0) is 6.42 Å². The van der Waals surface area contributed by atoms with Crippen LogP contribution in [0, 0.1) is 11.3 Å². The van der Waals surface area contributed by atoms with E-state index >= 15 is 0 Å². The zero-order valence-electron chi connectivity index (χ0n) is 11.1. The molecular formula is C16H16N2O. The fourth-order valence-corrected chi connectivity index (χ4v) is 2.17. The first-order chi connectivity index (χ1) is 9.15. The molecule has 0 bridgehead atoms. The summed E-state index contributed by atoms with van der Waals surface area (Å²) >= 11 is 0. The number of nitriles is 1. The highest BCUT2D eigenvalue weighted by molar-refractivity contribution is 5.60. The third-order valence-corrected chi connectivity index (χ3v) is 3.05. The van der Waals surface area contributed by atoms with E-state index < -0.39 is 0 Å². The van der Waals surface area contributed by atoms with Crippen molar-refractivity contribution in [1.29, 1.82) is 5.26 Å². The molecule has 0 saturated carbocycles. The van der Waals surface area contributed by atoms with E-state index in [1.165, 1.54) is 0 Å². The Morgan fingerprint density at radius 3 is 2.42 bits per heavy atom. The zero-order chi connectivity index (χ0) is 13.8. The van der Waals surface area contributed by atoms with E-state index in [4.69, 9.17) is 5.26 Å². The lowest BCUT2D eigenvalue weighted by Crippen LogP contribution is -2.26. The highest BCUT2D eigenvalue weighted by Gasteiger charge is 2.12. The molecule has 96 valence electrons. The Hall–Kier alpha value is -2.34. The number of pyridine rings is 1. The Morgan fingerprint density at radius 1 is 1.16 bits per heavy atom. The Kier molecular flexibility index (Phi) is 3.82. The van der Waals surface area contributed by atoms with Gasteiger partial charge in [0.2, 0.25) is 0 Å². The molecule has 0 fully saturated rings. The van der Waals surface area contributed by atoms with Gasteiger partial charge in [0.15, 0.2) is 0 Å². The third kappa shape index (κ3) is 2.58. The van der Waals surface area contributed by atoms with Gasteiger partial charge in [0.25, 0.3) is 5.56 Å². The molecule has 2 aromatic rings. The number of nitrogens with zero attached hydrogens (tertiary/aromatic N) is 2. The SMILES string of the molecule is CC(C)n1c(-c2ccccc2)ccc(CC#N)c1=O. The quantitative estimate of drug-likeness (QED) is 0.842. The van der Waals surface area contributed by atoms with Crippen molar-refractivity contribution in [3.05, 3.63) is 58.4 Å². The standard InChI is InChI=1S/C16H16N2O/c1-12(2)18-15(13-6-4-3-5-7-13)9-8-14(10-11-17)16(18)19/h3-9,12H,10H2,1-2H3. The second kappa shape index (κ2) is 5.53. The van der Waals surface area contributed by atoms with Crippen molar-refractivity contribution in [2.45, 2.75) is 26.3 Å². The summed E-state index contributed by atoms with van der Waals surface area (Å²) in [4.78, 5) is 12.4. The smallest absolute Gasteiger partial charge is 0.255 e. The van der Waals surface area contributed by atoms with Crippen LogP contribution in [0.4, 0.5) is 0 Å². The van der Waals surface area contributed by atoms with Crippen LogP contribution in [0.2, 0.25) is 0 Å². The molecule has 1 aromatic heterocycles. The summed E-state index contributed by atoms with van der Waals surface area (Å²) in [7, 11) is 0. The molecule has 0 unspecified atom stereocenters. The van der Waals surface area contributed by atoms with Crippen molar-refractivity contribution in [3.8, 4) is 17.3 Å². The molecule has 0 radical (unpaired) electrons. The van der Waals surface area contributed by atoms with Crippen LogP contribution in [0.15, 0.2) is 47.3 Å². The molecule has 19 heavy (non-hydrogen) atoms. The van der Waals surface area contributed by atoms with Crippen molar-refractivity contribution in [1.82, 2.24) is 4.57 Å². The van der Waals surface area contributed by atoms with Crippen molar-refractivity contribution in [2.75, 3.05) is 0 Å². The molecule has 3 nitrogen and oxygen atoms in total. The van der Waals surface area contributed by atoms with Gasteiger partial charge < -0.3 is 4.57 Å². The van der Waals surface area contributed by atoms with Gasteiger partial charge in [-0.3, -0.25) is 4.79 Å². The molecule has 0 saturated heterocycles. The van der Waals surface area contributed by atoms with E-state index in [9.17, 15) is 4.79 Å². The van der Waals surface area contributed by atoms with E-state index in [2.05, 4.69) is 0 Å². The van der Waals surface area contributed by atoms with Crippen molar-refractivity contribution in [2.24, 2.45) is 0 Å². The van der Waals surface area contributed by atoms with Crippen molar-refractivity contribution >= 4 is 0 Å². The average molecular weight is 252 g/mol. The summed E-state index contributed by atoms with van der Waals surface area (Å²) in [6.45, 7) is 3.95. The van der Waals surface area contributed by atoms with Crippen LogP contribution in [0.5, 0.6) is 0 Å². The second-order valence-electron chi connectivity index (χ2n) is 4.71. The number of rotatable bonds is 3. The minimum atomic E-state index is -0.0714. The van der Waals surface area contributed by atoms with E-state index in [-0.39, 0.29) is 18.0 Å². The van der Waals surface area contributed by atoms with Crippen LogP contribution in [-0.4, -0.2) is 4.57 Å². The molecule has 0 aliphatic carbocycles. The highest BCUT2D eigenvalue weighted by atomic mass is 16.1. The zero-order valence-corrected chi connectivity index (χ0v) is 11.1. The summed E-state index contributed by atoms with van der Waals surface area (Å²) in [5.74, 6) is 0. The summed E-state index contributed by atoms with van der Waals surface area (Å²) in [6.07, 6.45) is 0.153. The lowest BCUT2D eigenvalue weighted by molar-refractivity contribution is 0.581. The molecule has 0 N–H and O–H groups in total. The molecule has 0 aliphatic rings. The Balaban J connectivity index is 2.67. The molecule has 1 heterocycles. The first-order valence-electron chi connectivity index (χ1n) is 6.32. The van der Waals surface area contributed by atoms with Gasteiger partial charge >= 0.3 is 0 Å². The average Bonchev–Trinajstić information content (AvgIpc) is 2.41. The van der Waals surface area contributed by atoms with Gasteiger partial charge in [-0.25, -0.2) is 0 Å². The van der Waals surface area contributed by atoms with Crippen LogP contribution in [0.3, 0.4) is 0 Å². The largest absolute Gasteiger partial charge is 0.306 e. The molecule has 3 heteroatoms. The predicted octanol–water partition coefficient (Wildman–Crippen LogP) is 3.16. The first-order valence-corrected chi connectivity index (χ1v) is 6.32. The fourth-order valence-electron chi connectivity index (χ4n) is 2.17. The van der Waals surface area contributed by atoms with Crippen LogP contribution in [0.25, 0.3) is 11.3 Å². The van der Waals surface area contributed by atoms with Crippen LogP contribution in [0.1, 0.15) is 25.5 Å². The second-order valence-corrected chi connectivity index (χ2v) is 4.71. The molecule has 1 aromatic carbocycles. The lowest BCUT2D eigenvalue weighted by atomic mass is 10.1. The van der Waals surface area contributed by atoms with Crippen LogP contribution < -0.4 is 5.56 Å². The van der Waals surface area contributed by atoms with Gasteiger partial charge in [0.05, 0.1) is 18.2 Å². The van der Waals surface area contributed by atoms with Crippen molar-refractivity contribution < 1.29 is 0 Å². The van der Waals surface area contributed by atoms with E-state index in [1.807, 2.05) is 56.3 Å². The molecule has 0 aliphatic heterocycles. The summed E-state index contributed by atoms with van der Waals surface area (Å²) in [5, 5.41) is 8.76. The van der Waals surface area contributed by atoms with Gasteiger partial charge in [0, 0.05) is 11.6 Å². The van der Waals surface area contributed by atoms with E-state index in [0.29, 0.717) is 5.56 Å². The normalized spacial score (nSPS) is 10.4. The van der Waals surface area contributed by atoms with E-state index in [1.54, 1.807) is 10.6 Å². The molecule has 0 spiro atoms. The molecule has 0 amide bonds. The van der Waals surface area contributed by atoms with Gasteiger partial charge in [-0.1, -0.05) is 36.4 Å². The minimum absolute atomic E-state index is 0.0568. The van der Waals surface area contributed by atoms with Gasteiger partial charge in [-0.05, 0) is 25.5 Å². The van der Waals surface area contributed by atoms with E-state index in [0.717, 1.165) is 11.3 Å². The number of hydrogen-bond donors (Lipinski definition) is 0. The summed E-state index contributed by atoms with van der Waals surface area (Å²) < 4.78 is 1.75. The fraction of sp³-hybridized carbons (Fsp3) is 0.250. The van der Waals surface area contributed by atoms with Crippen LogP contribution >= 0.6 is 0 Å². The van der Waals surface area contributed by atoms with Gasteiger partial charge in [-0.15, -0.1) is 0 Å². The maximum absolute atomic E-state index is 12.4. The summed E-state index contributed by atoms with van der Waals surface area (Å²) in [5.41, 5.74) is 2.38. The predicted molar refractivity (Wildman–Crippen MR) is 75.8 cm³/mol. The minimum Gasteiger partial charge on any atom is -0.306 e. The highest BCUT2D eigenvalue weighted by Crippen LogP contribution is 2.21. The Labute approximate surface area is 112 Å². The maximum atomic E-state index is 12.4. The van der Waals surface area contributed by atoms with Gasteiger partial charge in [-0.2, -0.15) is 5.26 Å². The lowest BCUT2D eigenvalue weighted by Gasteiger charge is -2.17. The third-order valence-electron chi connectivity index (χ3n) is 3.05. The summed E-state index contributed by atoms with van der Waals surface area (Å²) in [6, 6.07) is 15.6. The van der Waals surface area contributed by atoms with Gasteiger partial charge in [0.1, 0.15) is 0 Å². The van der Waals surface area contributed by atoms with Crippen molar-refractivity contribution in [3.63, 3.8) is 0 Å². The molecule has 2 rings (SSSR count). The Bertz CT molecular complexity index is 663. The topological polar surface area (TPSA) is 45.8 Å². The monoisotopic (exact) mass is 252 g/mol. The number of aromatic nitrogens is 1. The molecule has 0 atom stereocenters. The maximum Gasteiger partial charge on any atom is 0.255 e. The molecular weight excluding hydrogens is 236 g/mol.